The van der Waals surface area contributed by atoms with E-state index < -0.39 is 0 Å². The van der Waals surface area contributed by atoms with Gasteiger partial charge in [0.1, 0.15) is 0 Å². The summed E-state index contributed by atoms with van der Waals surface area (Å²) >= 11 is 0. The highest BCUT2D eigenvalue weighted by molar-refractivity contribution is 6.09. The number of aliphatic hydroxyl groups is 1. The zero-order valence-corrected chi connectivity index (χ0v) is 10.2. The molecule has 1 heterocycles. The van der Waals surface area contributed by atoms with E-state index in [0.717, 1.165) is 11.1 Å². The molecule has 0 bridgehead atoms. The Hall–Kier alpha value is -1.68. The van der Waals surface area contributed by atoms with Gasteiger partial charge in [-0.2, -0.15) is 0 Å². The Morgan fingerprint density at radius 1 is 1.22 bits per heavy atom. The van der Waals surface area contributed by atoms with Crippen molar-refractivity contribution in [3.63, 3.8) is 0 Å². The molecule has 1 aromatic carbocycles. The highest BCUT2D eigenvalue weighted by atomic mass is 16.3. The Kier molecular flexibility index (Phi) is 2.48. The van der Waals surface area contributed by atoms with E-state index in [1.165, 1.54) is 4.90 Å². The van der Waals surface area contributed by atoms with Gasteiger partial charge in [0.2, 0.25) is 11.8 Å². The van der Waals surface area contributed by atoms with Crippen LogP contribution in [0.4, 0.5) is 0 Å². The average Bonchev–Trinajstić information content (AvgIpc) is 3.03. The van der Waals surface area contributed by atoms with E-state index in [9.17, 15) is 9.59 Å². The fourth-order valence-electron chi connectivity index (χ4n) is 2.89. The summed E-state index contributed by atoms with van der Waals surface area (Å²) in [6, 6.07) is 7.80. The fraction of sp³-hybridized carbons (Fsp3) is 0.429. The van der Waals surface area contributed by atoms with E-state index in [4.69, 9.17) is 5.11 Å². The number of amides is 2. The number of aliphatic hydroxyl groups excluding tert-OH is 1. The van der Waals surface area contributed by atoms with Crippen LogP contribution >= 0.6 is 0 Å². The van der Waals surface area contributed by atoms with Gasteiger partial charge in [0.15, 0.2) is 0 Å². The molecular weight excluding hydrogens is 230 g/mol. The molecule has 0 radical (unpaired) electrons. The third-order valence-electron chi connectivity index (χ3n) is 3.90. The molecule has 18 heavy (non-hydrogen) atoms. The van der Waals surface area contributed by atoms with Gasteiger partial charge >= 0.3 is 0 Å². The minimum Gasteiger partial charge on any atom is -0.396 e. The summed E-state index contributed by atoms with van der Waals surface area (Å²) in [7, 11) is 0. The molecule has 1 aliphatic heterocycles. The molecule has 94 valence electrons. The van der Waals surface area contributed by atoms with Crippen molar-refractivity contribution >= 4 is 11.8 Å². The molecule has 2 amide bonds. The highest BCUT2D eigenvalue weighted by Crippen LogP contribution is 2.53. The number of carbonyl (C=O) groups excluding carboxylic acids is 2. The van der Waals surface area contributed by atoms with Crippen molar-refractivity contribution in [2.24, 2.45) is 17.8 Å². The molecular formula is C14H15NO3. The number of benzene rings is 1. The number of rotatable bonds is 3. The number of likely N-dealkylation sites (tertiary alicyclic amines) is 1. The van der Waals surface area contributed by atoms with Crippen molar-refractivity contribution in [1.29, 1.82) is 0 Å². The maximum Gasteiger partial charge on any atom is 0.233 e. The minimum absolute atomic E-state index is 0.0644. The Bertz CT molecular complexity index is 504. The van der Waals surface area contributed by atoms with Gasteiger partial charge in [0.05, 0.1) is 18.4 Å². The fourth-order valence-corrected chi connectivity index (χ4v) is 2.89. The van der Waals surface area contributed by atoms with Crippen molar-refractivity contribution in [2.75, 3.05) is 6.61 Å². The third kappa shape index (κ3) is 1.56. The first-order chi connectivity index (χ1) is 8.63. The maximum atomic E-state index is 12.0. The van der Waals surface area contributed by atoms with Crippen LogP contribution in [0.5, 0.6) is 0 Å². The number of imide groups is 1. The van der Waals surface area contributed by atoms with E-state index >= 15 is 0 Å². The van der Waals surface area contributed by atoms with E-state index in [2.05, 4.69) is 0 Å². The number of piperidine rings is 1. The van der Waals surface area contributed by atoms with Gasteiger partial charge in [0.25, 0.3) is 0 Å². The second kappa shape index (κ2) is 3.92. The number of hydrogen-bond donors (Lipinski definition) is 1. The van der Waals surface area contributed by atoms with Crippen LogP contribution in [0, 0.1) is 24.7 Å². The second-order valence-corrected chi connectivity index (χ2v) is 5.15. The van der Waals surface area contributed by atoms with Gasteiger partial charge in [0, 0.05) is 12.5 Å². The summed E-state index contributed by atoms with van der Waals surface area (Å²) in [6.07, 6.45) is 0. The normalized spacial score (nSPS) is 29.7. The minimum atomic E-state index is -0.257. The lowest BCUT2D eigenvalue weighted by Gasteiger charge is -2.18. The Morgan fingerprint density at radius 3 is 2.44 bits per heavy atom. The number of aryl methyl sites for hydroxylation is 1. The zero-order valence-electron chi connectivity index (χ0n) is 10.2. The van der Waals surface area contributed by atoms with Crippen molar-refractivity contribution in [2.45, 2.75) is 13.5 Å². The van der Waals surface area contributed by atoms with Gasteiger partial charge in [-0.25, -0.2) is 0 Å². The topological polar surface area (TPSA) is 57.6 Å². The smallest absolute Gasteiger partial charge is 0.233 e. The molecule has 1 aromatic rings. The van der Waals surface area contributed by atoms with Gasteiger partial charge in [-0.1, -0.05) is 29.8 Å². The molecule has 0 aromatic heterocycles. The van der Waals surface area contributed by atoms with Gasteiger partial charge < -0.3 is 5.11 Å². The summed E-state index contributed by atoms with van der Waals surface area (Å²) in [4.78, 5) is 25.3. The molecule has 0 spiro atoms. The lowest BCUT2D eigenvalue weighted by molar-refractivity contribution is -0.143. The quantitative estimate of drug-likeness (QED) is 0.798. The van der Waals surface area contributed by atoms with Crippen LogP contribution in [-0.4, -0.2) is 28.4 Å². The predicted octanol–water partition coefficient (Wildman–Crippen LogP) is 0.718. The number of nitrogens with zero attached hydrogens (tertiary/aromatic N) is 1. The van der Waals surface area contributed by atoms with Crippen LogP contribution in [0.15, 0.2) is 24.3 Å². The summed E-state index contributed by atoms with van der Waals surface area (Å²) in [5, 5.41) is 9.04. The predicted molar refractivity (Wildman–Crippen MR) is 64.3 cm³/mol. The van der Waals surface area contributed by atoms with Crippen LogP contribution in [0.2, 0.25) is 0 Å². The maximum absolute atomic E-state index is 12.0. The summed E-state index contributed by atoms with van der Waals surface area (Å²) in [5.74, 6) is -0.880. The lowest BCUT2D eigenvalue weighted by Crippen LogP contribution is -2.34. The third-order valence-corrected chi connectivity index (χ3v) is 3.90. The first-order valence-corrected chi connectivity index (χ1v) is 6.15. The summed E-state index contributed by atoms with van der Waals surface area (Å²) in [5.41, 5.74) is 2.09. The molecule has 1 aliphatic carbocycles. The van der Waals surface area contributed by atoms with E-state index in [1.807, 2.05) is 31.2 Å². The molecule has 1 saturated carbocycles. The molecule has 2 atom stereocenters. The van der Waals surface area contributed by atoms with Crippen LogP contribution in [0.25, 0.3) is 0 Å². The molecule has 1 saturated heterocycles. The molecule has 2 aliphatic rings. The van der Waals surface area contributed by atoms with Crippen LogP contribution in [0.1, 0.15) is 11.1 Å². The first-order valence-electron chi connectivity index (χ1n) is 6.15. The van der Waals surface area contributed by atoms with Crippen molar-refractivity contribution in [3.05, 3.63) is 35.4 Å². The van der Waals surface area contributed by atoms with Gasteiger partial charge in [-0.3, -0.25) is 14.5 Å². The molecule has 2 unspecified atom stereocenters. The van der Waals surface area contributed by atoms with Crippen LogP contribution in [-0.2, 0) is 16.1 Å². The van der Waals surface area contributed by atoms with E-state index in [-0.39, 0.29) is 36.2 Å². The van der Waals surface area contributed by atoms with Crippen molar-refractivity contribution in [1.82, 2.24) is 4.90 Å². The zero-order chi connectivity index (χ0) is 12.9. The van der Waals surface area contributed by atoms with Gasteiger partial charge in [-0.05, 0) is 12.5 Å². The largest absolute Gasteiger partial charge is 0.396 e. The van der Waals surface area contributed by atoms with Crippen molar-refractivity contribution in [3.8, 4) is 0 Å². The monoisotopic (exact) mass is 245 g/mol. The number of carbonyl (C=O) groups is 2. The Labute approximate surface area is 105 Å². The highest BCUT2D eigenvalue weighted by Gasteiger charge is 2.66. The lowest BCUT2D eigenvalue weighted by atomic mass is 10.1. The second-order valence-electron chi connectivity index (χ2n) is 5.15. The SMILES string of the molecule is Cc1cccc(CN2C(=O)C3C(CO)C3C2=O)c1. The summed E-state index contributed by atoms with van der Waals surface area (Å²) in [6.45, 7) is 2.27. The molecule has 1 N–H and O–H groups in total. The Balaban J connectivity index is 1.76. The Morgan fingerprint density at radius 2 is 1.89 bits per heavy atom. The van der Waals surface area contributed by atoms with Crippen LogP contribution in [0.3, 0.4) is 0 Å². The van der Waals surface area contributed by atoms with Crippen molar-refractivity contribution < 1.29 is 14.7 Å². The number of hydrogen-bond acceptors (Lipinski definition) is 3. The van der Waals surface area contributed by atoms with Crippen LogP contribution < -0.4 is 0 Å². The first kappa shape index (κ1) is 11.4. The molecule has 2 fully saturated rings. The van der Waals surface area contributed by atoms with E-state index in [0.29, 0.717) is 6.54 Å². The summed E-state index contributed by atoms with van der Waals surface area (Å²) < 4.78 is 0. The van der Waals surface area contributed by atoms with E-state index in [1.54, 1.807) is 0 Å². The standard InChI is InChI=1S/C14H15NO3/c1-8-3-2-4-9(5-8)6-15-13(17)11-10(7-16)12(11)14(15)18/h2-5,10-12,16H,6-7H2,1H3. The van der Waals surface area contributed by atoms with Gasteiger partial charge in [-0.15, -0.1) is 0 Å². The molecule has 4 nitrogen and oxygen atoms in total. The molecule has 3 rings (SSSR count). The number of fused-ring (bicyclic) bond motifs is 1. The average molecular weight is 245 g/mol. The molecule has 4 heteroatoms.